The second-order valence-electron chi connectivity index (χ2n) is 4.36. The summed E-state index contributed by atoms with van der Waals surface area (Å²) in [7, 11) is 0. The van der Waals surface area contributed by atoms with Gasteiger partial charge in [-0.3, -0.25) is 9.78 Å². The number of pyridine rings is 1. The number of nitrogens with one attached hydrogen (secondary N) is 1. The SMILES string of the molecule is CC(C)C(=O)NCc1cccc2cccnc12. The summed E-state index contributed by atoms with van der Waals surface area (Å²) in [6, 6.07) is 9.95. The van der Waals surface area contributed by atoms with Crippen LogP contribution in [0.15, 0.2) is 36.5 Å². The lowest BCUT2D eigenvalue weighted by atomic mass is 10.1. The third kappa shape index (κ3) is 2.61. The van der Waals surface area contributed by atoms with Crippen LogP contribution in [0.3, 0.4) is 0 Å². The minimum atomic E-state index is 0.0120. The molecule has 0 saturated heterocycles. The van der Waals surface area contributed by atoms with Gasteiger partial charge in [-0.2, -0.15) is 0 Å². The molecule has 0 spiro atoms. The fourth-order valence-electron chi connectivity index (χ4n) is 1.70. The van der Waals surface area contributed by atoms with Gasteiger partial charge in [-0.25, -0.2) is 0 Å². The largest absolute Gasteiger partial charge is 0.352 e. The van der Waals surface area contributed by atoms with Gasteiger partial charge >= 0.3 is 0 Å². The Hall–Kier alpha value is -1.90. The molecule has 2 aromatic rings. The standard InChI is InChI=1S/C14H16N2O/c1-10(2)14(17)16-9-12-6-3-5-11-7-4-8-15-13(11)12/h3-8,10H,9H2,1-2H3,(H,16,17). The monoisotopic (exact) mass is 228 g/mol. The normalized spacial score (nSPS) is 10.8. The van der Waals surface area contributed by atoms with Gasteiger partial charge < -0.3 is 5.32 Å². The lowest BCUT2D eigenvalue weighted by Gasteiger charge is -2.09. The Kier molecular flexibility index (Phi) is 3.38. The maximum Gasteiger partial charge on any atom is 0.222 e. The number of hydrogen-bond acceptors (Lipinski definition) is 2. The second kappa shape index (κ2) is 4.95. The van der Waals surface area contributed by atoms with E-state index in [1.54, 1.807) is 6.20 Å². The molecule has 88 valence electrons. The van der Waals surface area contributed by atoms with E-state index in [9.17, 15) is 4.79 Å². The molecule has 3 heteroatoms. The van der Waals surface area contributed by atoms with Gasteiger partial charge in [0.25, 0.3) is 0 Å². The maximum absolute atomic E-state index is 11.5. The highest BCUT2D eigenvalue weighted by Gasteiger charge is 2.07. The number of aromatic nitrogens is 1. The van der Waals surface area contributed by atoms with Gasteiger partial charge in [0.1, 0.15) is 0 Å². The van der Waals surface area contributed by atoms with Crippen molar-refractivity contribution in [1.29, 1.82) is 0 Å². The number of amides is 1. The Balaban J connectivity index is 2.21. The molecule has 0 aliphatic carbocycles. The summed E-state index contributed by atoms with van der Waals surface area (Å²) in [5.74, 6) is 0.0795. The highest BCUT2D eigenvalue weighted by Crippen LogP contribution is 2.15. The zero-order valence-corrected chi connectivity index (χ0v) is 10.1. The van der Waals surface area contributed by atoms with E-state index in [1.165, 1.54) is 0 Å². The first-order chi connectivity index (χ1) is 8.18. The minimum absolute atomic E-state index is 0.0120. The van der Waals surface area contributed by atoms with Crippen molar-refractivity contribution in [3.8, 4) is 0 Å². The molecule has 2 rings (SSSR count). The molecule has 0 atom stereocenters. The average molecular weight is 228 g/mol. The average Bonchev–Trinajstić information content (AvgIpc) is 2.35. The quantitative estimate of drug-likeness (QED) is 0.877. The van der Waals surface area contributed by atoms with Crippen molar-refractivity contribution in [2.45, 2.75) is 20.4 Å². The molecule has 0 aliphatic rings. The van der Waals surface area contributed by atoms with Gasteiger partial charge in [0.15, 0.2) is 0 Å². The van der Waals surface area contributed by atoms with Crippen molar-refractivity contribution in [2.75, 3.05) is 0 Å². The Labute approximate surface area is 101 Å². The molecule has 1 N–H and O–H groups in total. The molecule has 0 unspecified atom stereocenters. The van der Waals surface area contributed by atoms with Gasteiger partial charge in [0, 0.05) is 24.0 Å². The third-order valence-electron chi connectivity index (χ3n) is 2.69. The molecule has 3 nitrogen and oxygen atoms in total. The Morgan fingerprint density at radius 2 is 2.06 bits per heavy atom. The Morgan fingerprint density at radius 3 is 2.82 bits per heavy atom. The van der Waals surface area contributed by atoms with Crippen LogP contribution in [-0.2, 0) is 11.3 Å². The van der Waals surface area contributed by atoms with Gasteiger partial charge in [-0.1, -0.05) is 38.1 Å². The molecule has 0 bridgehead atoms. The van der Waals surface area contributed by atoms with Gasteiger partial charge in [-0.15, -0.1) is 0 Å². The van der Waals surface area contributed by atoms with Crippen LogP contribution in [-0.4, -0.2) is 10.9 Å². The Morgan fingerprint density at radius 1 is 1.29 bits per heavy atom. The van der Waals surface area contributed by atoms with E-state index < -0.39 is 0 Å². The van der Waals surface area contributed by atoms with Crippen molar-refractivity contribution in [3.63, 3.8) is 0 Å². The summed E-state index contributed by atoms with van der Waals surface area (Å²) in [5.41, 5.74) is 2.01. The summed E-state index contributed by atoms with van der Waals surface area (Å²) in [4.78, 5) is 15.9. The third-order valence-corrected chi connectivity index (χ3v) is 2.69. The molecule has 1 aromatic carbocycles. The van der Waals surface area contributed by atoms with Crippen molar-refractivity contribution in [3.05, 3.63) is 42.1 Å². The van der Waals surface area contributed by atoms with Gasteiger partial charge in [-0.05, 0) is 11.6 Å². The molecular weight excluding hydrogens is 212 g/mol. The molecule has 0 radical (unpaired) electrons. The summed E-state index contributed by atoms with van der Waals surface area (Å²) in [6.45, 7) is 4.30. The number of fused-ring (bicyclic) bond motifs is 1. The molecular formula is C14H16N2O. The van der Waals surface area contributed by atoms with Crippen molar-refractivity contribution in [2.24, 2.45) is 5.92 Å². The number of rotatable bonds is 3. The number of carbonyl (C=O) groups excluding carboxylic acids is 1. The summed E-state index contributed by atoms with van der Waals surface area (Å²) in [5, 5.41) is 4.01. The smallest absolute Gasteiger partial charge is 0.222 e. The zero-order chi connectivity index (χ0) is 12.3. The summed E-state index contributed by atoms with van der Waals surface area (Å²) >= 11 is 0. The predicted molar refractivity (Wildman–Crippen MR) is 68.4 cm³/mol. The van der Waals surface area contributed by atoms with Crippen LogP contribution in [0.25, 0.3) is 10.9 Å². The molecule has 0 aliphatic heterocycles. The van der Waals surface area contributed by atoms with Crippen molar-refractivity contribution in [1.82, 2.24) is 10.3 Å². The number of para-hydroxylation sites is 1. The number of hydrogen-bond donors (Lipinski definition) is 1. The first-order valence-corrected chi connectivity index (χ1v) is 5.79. The van der Waals surface area contributed by atoms with E-state index >= 15 is 0 Å². The first kappa shape index (κ1) is 11.6. The first-order valence-electron chi connectivity index (χ1n) is 5.79. The van der Waals surface area contributed by atoms with Crippen LogP contribution in [0, 0.1) is 5.92 Å². The Bertz CT molecular complexity index is 529. The van der Waals surface area contributed by atoms with Crippen LogP contribution in [0.1, 0.15) is 19.4 Å². The molecule has 17 heavy (non-hydrogen) atoms. The molecule has 1 heterocycles. The number of benzene rings is 1. The lowest BCUT2D eigenvalue weighted by molar-refractivity contribution is -0.124. The van der Waals surface area contributed by atoms with E-state index in [2.05, 4.69) is 10.3 Å². The van der Waals surface area contributed by atoms with Crippen LogP contribution < -0.4 is 5.32 Å². The highest BCUT2D eigenvalue weighted by atomic mass is 16.1. The van der Waals surface area contributed by atoms with E-state index in [0.29, 0.717) is 6.54 Å². The summed E-state index contributed by atoms with van der Waals surface area (Å²) in [6.07, 6.45) is 1.77. The van der Waals surface area contributed by atoms with Crippen molar-refractivity contribution >= 4 is 16.8 Å². The van der Waals surface area contributed by atoms with Gasteiger partial charge in [0.2, 0.25) is 5.91 Å². The molecule has 1 aromatic heterocycles. The fraction of sp³-hybridized carbons (Fsp3) is 0.286. The van der Waals surface area contributed by atoms with Crippen LogP contribution in [0.2, 0.25) is 0 Å². The predicted octanol–water partition coefficient (Wildman–Crippen LogP) is 2.51. The number of carbonyl (C=O) groups is 1. The van der Waals surface area contributed by atoms with Crippen LogP contribution >= 0.6 is 0 Å². The summed E-state index contributed by atoms with van der Waals surface area (Å²) < 4.78 is 0. The van der Waals surface area contributed by atoms with Gasteiger partial charge in [0.05, 0.1) is 5.52 Å². The minimum Gasteiger partial charge on any atom is -0.352 e. The topological polar surface area (TPSA) is 42.0 Å². The van der Waals surface area contributed by atoms with E-state index in [-0.39, 0.29) is 11.8 Å². The number of nitrogens with zero attached hydrogens (tertiary/aromatic N) is 1. The molecule has 1 amide bonds. The molecule has 0 saturated carbocycles. The fourth-order valence-corrected chi connectivity index (χ4v) is 1.70. The molecule has 0 fully saturated rings. The van der Waals surface area contributed by atoms with E-state index in [0.717, 1.165) is 16.5 Å². The van der Waals surface area contributed by atoms with Crippen molar-refractivity contribution < 1.29 is 4.79 Å². The second-order valence-corrected chi connectivity index (χ2v) is 4.36. The lowest BCUT2D eigenvalue weighted by Crippen LogP contribution is -2.27. The van der Waals surface area contributed by atoms with Crippen LogP contribution in [0.5, 0.6) is 0 Å². The zero-order valence-electron chi connectivity index (χ0n) is 10.1. The van der Waals surface area contributed by atoms with Crippen LogP contribution in [0.4, 0.5) is 0 Å². The maximum atomic E-state index is 11.5. The van der Waals surface area contributed by atoms with E-state index in [1.807, 2.05) is 44.2 Å². The van der Waals surface area contributed by atoms with E-state index in [4.69, 9.17) is 0 Å². The highest BCUT2D eigenvalue weighted by molar-refractivity contribution is 5.82.